The molecular formula is C56H45NO. The van der Waals surface area contributed by atoms with E-state index in [0.29, 0.717) is 17.8 Å². The molecule has 0 saturated heterocycles. The third kappa shape index (κ3) is 6.21. The minimum Gasteiger partial charge on any atom is -0.456 e. The van der Waals surface area contributed by atoms with E-state index in [9.17, 15) is 0 Å². The first-order valence-corrected chi connectivity index (χ1v) is 21.0. The highest BCUT2D eigenvalue weighted by Gasteiger charge is 2.33. The van der Waals surface area contributed by atoms with Gasteiger partial charge in [0, 0.05) is 39.3 Å². The summed E-state index contributed by atoms with van der Waals surface area (Å²) in [4.78, 5) is 2.58. The van der Waals surface area contributed by atoms with Crippen molar-refractivity contribution >= 4 is 44.0 Å². The number of fused-ring (bicyclic) bond motifs is 6. The number of benzene rings is 5. The van der Waals surface area contributed by atoms with Gasteiger partial charge in [0.15, 0.2) is 0 Å². The topological polar surface area (TPSA) is 16.4 Å². The van der Waals surface area contributed by atoms with Crippen LogP contribution in [0.3, 0.4) is 0 Å². The Bertz CT molecular complexity index is 2910. The van der Waals surface area contributed by atoms with Gasteiger partial charge in [-0.2, -0.15) is 0 Å². The predicted molar refractivity (Wildman–Crippen MR) is 244 cm³/mol. The zero-order chi connectivity index (χ0) is 38.4. The quantitative estimate of drug-likeness (QED) is 0.162. The van der Waals surface area contributed by atoms with Crippen LogP contribution in [0.5, 0.6) is 0 Å². The summed E-state index contributed by atoms with van der Waals surface area (Å²) < 4.78 is 6.27. The molecule has 3 unspecified atom stereocenters. The van der Waals surface area contributed by atoms with Gasteiger partial charge in [0.25, 0.3) is 0 Å². The van der Waals surface area contributed by atoms with Gasteiger partial charge in [-0.05, 0) is 125 Å². The summed E-state index contributed by atoms with van der Waals surface area (Å²) >= 11 is 0. The van der Waals surface area contributed by atoms with Crippen LogP contribution in [0.4, 0.5) is 5.69 Å². The molecule has 5 aliphatic rings. The van der Waals surface area contributed by atoms with Crippen molar-refractivity contribution in [1.82, 2.24) is 0 Å². The first kappa shape index (κ1) is 34.6. The van der Waals surface area contributed by atoms with Gasteiger partial charge in [-0.3, -0.25) is 0 Å². The van der Waals surface area contributed by atoms with Crippen molar-refractivity contribution in [2.24, 2.45) is 17.8 Å². The van der Waals surface area contributed by atoms with Crippen LogP contribution in [0.25, 0.3) is 49.4 Å². The van der Waals surface area contributed by atoms with Crippen LogP contribution in [0.2, 0.25) is 0 Å². The Kier molecular flexibility index (Phi) is 8.77. The van der Waals surface area contributed by atoms with Crippen molar-refractivity contribution in [2.75, 3.05) is 4.90 Å². The van der Waals surface area contributed by atoms with E-state index < -0.39 is 0 Å². The van der Waals surface area contributed by atoms with Gasteiger partial charge in [-0.1, -0.05) is 158 Å². The predicted octanol–water partition coefficient (Wildman–Crippen LogP) is 14.9. The Hall–Kier alpha value is -6.64. The van der Waals surface area contributed by atoms with E-state index in [2.05, 4.69) is 193 Å². The van der Waals surface area contributed by atoms with Gasteiger partial charge in [0.05, 0.1) is 0 Å². The Morgan fingerprint density at radius 1 is 0.603 bits per heavy atom. The van der Waals surface area contributed by atoms with Gasteiger partial charge in [-0.15, -0.1) is 0 Å². The lowest BCUT2D eigenvalue weighted by molar-refractivity contribution is 0.442. The summed E-state index contributed by atoms with van der Waals surface area (Å²) in [5.74, 6) is 1.26. The number of anilines is 1. The number of nitrogens with zero attached hydrogens (tertiary/aromatic N) is 1. The summed E-state index contributed by atoms with van der Waals surface area (Å²) in [6.45, 7) is 0. The molecule has 0 fully saturated rings. The van der Waals surface area contributed by atoms with Gasteiger partial charge in [0.2, 0.25) is 0 Å². The number of allylic oxidation sites excluding steroid dienone is 19. The molecule has 0 aliphatic heterocycles. The van der Waals surface area contributed by atoms with Crippen LogP contribution in [-0.2, 0) is 0 Å². The molecule has 2 heteroatoms. The molecule has 0 bridgehead atoms. The molecule has 11 rings (SSSR count). The second-order valence-electron chi connectivity index (χ2n) is 16.2. The molecule has 6 aromatic rings. The van der Waals surface area contributed by atoms with Crippen molar-refractivity contribution in [3.63, 3.8) is 0 Å². The van der Waals surface area contributed by atoms with Crippen LogP contribution < -0.4 is 4.90 Å². The maximum Gasteiger partial charge on any atom is 0.136 e. The number of hydrogen-bond acceptors (Lipinski definition) is 2. The molecule has 3 atom stereocenters. The summed E-state index contributed by atoms with van der Waals surface area (Å²) in [6.07, 6.45) is 38.0. The molecule has 2 nitrogen and oxygen atoms in total. The molecule has 0 saturated carbocycles. The number of furan rings is 1. The Balaban J connectivity index is 1.01. The Labute approximate surface area is 340 Å². The van der Waals surface area contributed by atoms with E-state index in [1.54, 1.807) is 0 Å². The molecule has 0 N–H and O–H groups in total. The number of hydrogen-bond donors (Lipinski definition) is 0. The fourth-order valence-corrected chi connectivity index (χ4v) is 9.93. The highest BCUT2D eigenvalue weighted by Crippen LogP contribution is 2.47. The molecule has 5 aliphatic carbocycles. The second-order valence-corrected chi connectivity index (χ2v) is 16.2. The van der Waals surface area contributed by atoms with Crippen molar-refractivity contribution < 1.29 is 4.42 Å². The van der Waals surface area contributed by atoms with E-state index in [1.807, 2.05) is 6.07 Å². The first-order chi connectivity index (χ1) is 28.7. The highest BCUT2D eigenvalue weighted by molar-refractivity contribution is 6.19. The summed E-state index contributed by atoms with van der Waals surface area (Å²) in [5.41, 5.74) is 15.0. The van der Waals surface area contributed by atoms with E-state index >= 15 is 0 Å². The normalized spacial score (nSPS) is 21.3. The number of rotatable bonds is 7. The van der Waals surface area contributed by atoms with Crippen molar-refractivity contribution in [3.05, 3.63) is 228 Å². The zero-order valence-electron chi connectivity index (χ0n) is 32.6. The zero-order valence-corrected chi connectivity index (χ0v) is 32.6. The second kappa shape index (κ2) is 14.7. The summed E-state index contributed by atoms with van der Waals surface area (Å²) in [7, 11) is 0. The molecule has 0 radical (unpaired) electrons. The van der Waals surface area contributed by atoms with E-state index in [0.717, 1.165) is 48.7 Å². The van der Waals surface area contributed by atoms with Crippen LogP contribution in [0.15, 0.2) is 227 Å². The van der Waals surface area contributed by atoms with Crippen LogP contribution in [-0.4, -0.2) is 0 Å². The average Bonchev–Trinajstić information content (AvgIpc) is 3.69. The monoisotopic (exact) mass is 747 g/mol. The lowest BCUT2D eigenvalue weighted by Crippen LogP contribution is -2.30. The minimum absolute atomic E-state index is 0.370. The molecule has 0 spiro atoms. The van der Waals surface area contributed by atoms with Crippen molar-refractivity contribution in [2.45, 2.75) is 32.1 Å². The number of para-hydroxylation sites is 1. The lowest BCUT2D eigenvalue weighted by atomic mass is 9.71. The maximum atomic E-state index is 6.27. The van der Waals surface area contributed by atoms with Crippen LogP contribution >= 0.6 is 0 Å². The van der Waals surface area contributed by atoms with E-state index in [4.69, 9.17) is 4.42 Å². The summed E-state index contributed by atoms with van der Waals surface area (Å²) in [6, 6.07) is 39.7. The Morgan fingerprint density at radius 2 is 1.43 bits per heavy atom. The fourth-order valence-electron chi connectivity index (χ4n) is 9.93. The third-order valence-corrected chi connectivity index (χ3v) is 12.8. The minimum atomic E-state index is 0.370. The molecular weight excluding hydrogens is 703 g/mol. The van der Waals surface area contributed by atoms with Crippen LogP contribution in [0.1, 0.15) is 37.7 Å². The van der Waals surface area contributed by atoms with E-state index in [-0.39, 0.29) is 0 Å². The standard InChI is InChI=1S/C56H45NO/c1-3-14-40(15-4-1)49-19-9-11-21-53(49)57(47-32-33-48(51(37-47)41-16-5-2-6-17-41)45-26-23-38-13-7-8-18-43(38)35-45)46-30-27-39(28-31-46)44-25-24-42-29-34-55-56(52(42)36-44)50-20-10-12-22-54(50)58-55/h1-8,10,12-16,18-34,36,41,43,51H,9,11,17,35,37H2. The lowest BCUT2D eigenvalue weighted by Gasteiger charge is -2.39. The summed E-state index contributed by atoms with van der Waals surface area (Å²) in [5, 5.41) is 4.79. The van der Waals surface area contributed by atoms with E-state index in [1.165, 1.54) is 72.2 Å². The highest BCUT2D eigenvalue weighted by atomic mass is 16.3. The van der Waals surface area contributed by atoms with Gasteiger partial charge < -0.3 is 9.32 Å². The maximum absolute atomic E-state index is 6.27. The average molecular weight is 748 g/mol. The fraction of sp³-hybridized carbons (Fsp3) is 0.143. The van der Waals surface area contributed by atoms with Crippen molar-refractivity contribution in [3.8, 4) is 11.1 Å². The Morgan fingerprint density at radius 3 is 2.33 bits per heavy atom. The smallest absolute Gasteiger partial charge is 0.136 e. The molecule has 280 valence electrons. The molecule has 1 heterocycles. The molecule has 58 heavy (non-hydrogen) atoms. The van der Waals surface area contributed by atoms with Gasteiger partial charge in [-0.25, -0.2) is 0 Å². The largest absolute Gasteiger partial charge is 0.456 e. The molecule has 0 amide bonds. The van der Waals surface area contributed by atoms with Crippen LogP contribution in [0, 0.1) is 17.8 Å². The molecule has 1 aromatic heterocycles. The van der Waals surface area contributed by atoms with Crippen molar-refractivity contribution in [1.29, 1.82) is 0 Å². The third-order valence-electron chi connectivity index (χ3n) is 12.8. The first-order valence-electron chi connectivity index (χ1n) is 21.0. The SMILES string of the molecule is C1=CCC(C2CC(N(C3=CCCC=C3c3ccccc3)c3ccc(-c4ccc5ccc6oc7ccccc7c6c5c4)cc3)=CC=C2C2=CC=C3C=CC=CC3C2)C=C1. The molecule has 5 aromatic carbocycles. The van der Waals surface area contributed by atoms with Gasteiger partial charge in [0.1, 0.15) is 11.2 Å². The van der Waals surface area contributed by atoms with Gasteiger partial charge >= 0.3 is 0 Å².